The Kier molecular flexibility index (Phi) is 5.02. The predicted octanol–water partition coefficient (Wildman–Crippen LogP) is 1.98. The molecule has 1 N–H and O–H groups in total. The number of nitrogens with zero attached hydrogens (tertiary/aromatic N) is 3. The summed E-state index contributed by atoms with van der Waals surface area (Å²) in [6.07, 6.45) is 0.107. The van der Waals surface area contributed by atoms with Crippen molar-refractivity contribution in [3.63, 3.8) is 0 Å². The number of piperazine rings is 1. The van der Waals surface area contributed by atoms with Gasteiger partial charge in [-0.15, -0.1) is 0 Å². The fourth-order valence-corrected chi connectivity index (χ4v) is 3.87. The second kappa shape index (κ2) is 7.63. The lowest BCUT2D eigenvalue weighted by atomic mass is 10.1. The van der Waals surface area contributed by atoms with Crippen molar-refractivity contribution in [2.24, 2.45) is 0 Å². The zero-order valence-corrected chi connectivity index (χ0v) is 15.6. The van der Waals surface area contributed by atoms with Gasteiger partial charge in [0.2, 0.25) is 5.91 Å². The minimum Gasteiger partial charge on any atom is -0.478 e. The van der Waals surface area contributed by atoms with Gasteiger partial charge in [-0.05, 0) is 48.5 Å². The number of carbonyl (C=O) groups excluding carboxylic acids is 2. The lowest BCUT2D eigenvalue weighted by molar-refractivity contribution is -0.123. The molecule has 0 saturated carbocycles. The van der Waals surface area contributed by atoms with E-state index < -0.39 is 12.0 Å². The highest BCUT2D eigenvalue weighted by atomic mass is 19.1. The van der Waals surface area contributed by atoms with Crippen LogP contribution in [0, 0.1) is 5.82 Å². The Labute approximate surface area is 166 Å². The maximum Gasteiger partial charge on any atom is 0.335 e. The number of carboxylic acids is 1. The van der Waals surface area contributed by atoms with E-state index in [0.717, 1.165) is 10.6 Å². The van der Waals surface area contributed by atoms with Gasteiger partial charge in [-0.25, -0.2) is 14.1 Å². The molecule has 0 radical (unpaired) electrons. The number of rotatable bonds is 4. The van der Waals surface area contributed by atoms with Crippen LogP contribution in [0.2, 0.25) is 0 Å². The largest absolute Gasteiger partial charge is 0.478 e. The normalized spacial score (nSPS) is 20.4. The summed E-state index contributed by atoms with van der Waals surface area (Å²) in [5.41, 5.74) is 1.42. The summed E-state index contributed by atoms with van der Waals surface area (Å²) in [4.78, 5) is 41.7. The number of hydrogen-bond acceptors (Lipinski definition) is 5. The minimum atomic E-state index is -1.06. The van der Waals surface area contributed by atoms with E-state index in [9.17, 15) is 18.8 Å². The van der Waals surface area contributed by atoms with Gasteiger partial charge in [0.25, 0.3) is 5.91 Å². The maximum atomic E-state index is 13.1. The van der Waals surface area contributed by atoms with Crippen LogP contribution in [0.15, 0.2) is 48.5 Å². The van der Waals surface area contributed by atoms with Crippen molar-refractivity contribution in [2.75, 3.05) is 36.0 Å². The van der Waals surface area contributed by atoms with E-state index in [4.69, 9.17) is 5.11 Å². The molecule has 0 aromatic heterocycles. The van der Waals surface area contributed by atoms with Crippen molar-refractivity contribution in [1.29, 1.82) is 0 Å². The first-order valence-corrected chi connectivity index (χ1v) is 9.39. The summed E-state index contributed by atoms with van der Waals surface area (Å²) in [5, 5.41) is 9.00. The van der Waals surface area contributed by atoms with Crippen LogP contribution in [-0.2, 0) is 9.59 Å². The third-order valence-electron chi connectivity index (χ3n) is 5.44. The molecule has 1 atom stereocenters. The van der Waals surface area contributed by atoms with E-state index in [1.165, 1.54) is 36.4 Å². The van der Waals surface area contributed by atoms with Gasteiger partial charge in [0.1, 0.15) is 5.82 Å². The molecule has 29 heavy (non-hydrogen) atoms. The molecule has 2 aliphatic heterocycles. The number of anilines is 2. The Morgan fingerprint density at radius 3 is 2.07 bits per heavy atom. The molecule has 8 heteroatoms. The number of carbonyl (C=O) groups is 3. The molecule has 4 rings (SSSR count). The molecule has 2 aromatic carbocycles. The van der Waals surface area contributed by atoms with Gasteiger partial charge in [-0.3, -0.25) is 14.5 Å². The first-order valence-electron chi connectivity index (χ1n) is 9.39. The van der Waals surface area contributed by atoms with Crippen LogP contribution in [0.3, 0.4) is 0 Å². The van der Waals surface area contributed by atoms with Gasteiger partial charge in [0.05, 0.1) is 23.7 Å². The van der Waals surface area contributed by atoms with Crippen molar-refractivity contribution >= 4 is 29.2 Å². The van der Waals surface area contributed by atoms with Crippen LogP contribution in [0.25, 0.3) is 0 Å². The molecule has 0 spiro atoms. The quantitative estimate of drug-likeness (QED) is 0.795. The highest BCUT2D eigenvalue weighted by molar-refractivity contribution is 6.22. The van der Waals surface area contributed by atoms with E-state index in [1.807, 2.05) is 4.90 Å². The number of benzene rings is 2. The van der Waals surface area contributed by atoms with Crippen LogP contribution in [0.1, 0.15) is 16.8 Å². The highest BCUT2D eigenvalue weighted by Crippen LogP contribution is 2.27. The third kappa shape index (κ3) is 3.71. The highest BCUT2D eigenvalue weighted by Gasteiger charge is 2.43. The lowest BCUT2D eigenvalue weighted by Crippen LogP contribution is -2.52. The number of imide groups is 1. The number of aromatic carboxylic acids is 1. The molecule has 0 bridgehead atoms. The van der Waals surface area contributed by atoms with Crippen LogP contribution < -0.4 is 9.80 Å². The topological polar surface area (TPSA) is 81.2 Å². The van der Waals surface area contributed by atoms with E-state index >= 15 is 0 Å². The SMILES string of the molecule is O=C(O)c1ccc(N2C(=O)CC(N3CCN(c4ccc(F)cc4)CC3)C2=O)cc1. The number of halogens is 1. The first kappa shape index (κ1) is 19.1. The minimum absolute atomic E-state index is 0.0984. The Balaban J connectivity index is 1.42. The van der Waals surface area contributed by atoms with Crippen LogP contribution in [-0.4, -0.2) is 60.0 Å². The lowest BCUT2D eigenvalue weighted by Gasteiger charge is -2.38. The zero-order valence-electron chi connectivity index (χ0n) is 15.6. The van der Waals surface area contributed by atoms with Gasteiger partial charge in [0, 0.05) is 31.9 Å². The third-order valence-corrected chi connectivity index (χ3v) is 5.44. The monoisotopic (exact) mass is 397 g/mol. The number of carboxylic acid groups (broad SMARTS) is 1. The number of hydrogen-bond donors (Lipinski definition) is 1. The average Bonchev–Trinajstić information content (AvgIpc) is 3.03. The Morgan fingerprint density at radius 1 is 0.897 bits per heavy atom. The van der Waals surface area contributed by atoms with Gasteiger partial charge < -0.3 is 10.0 Å². The molecule has 1 unspecified atom stereocenters. The molecule has 150 valence electrons. The fourth-order valence-electron chi connectivity index (χ4n) is 3.87. The molecule has 7 nitrogen and oxygen atoms in total. The second-order valence-corrected chi connectivity index (χ2v) is 7.14. The second-order valence-electron chi connectivity index (χ2n) is 7.14. The Morgan fingerprint density at radius 2 is 1.48 bits per heavy atom. The molecule has 2 fully saturated rings. The Bertz CT molecular complexity index is 937. The summed E-state index contributed by atoms with van der Waals surface area (Å²) in [6.45, 7) is 2.59. The first-order chi connectivity index (χ1) is 13.9. The fraction of sp³-hybridized carbons (Fsp3) is 0.286. The van der Waals surface area contributed by atoms with Gasteiger partial charge in [0.15, 0.2) is 0 Å². The van der Waals surface area contributed by atoms with Crippen molar-refractivity contribution in [1.82, 2.24) is 4.90 Å². The summed E-state index contributed by atoms with van der Waals surface area (Å²) < 4.78 is 13.1. The van der Waals surface area contributed by atoms with E-state index in [0.29, 0.717) is 31.9 Å². The standard InChI is InChI=1S/C21H20FN3O4/c22-15-3-7-16(8-4-15)23-9-11-24(12-10-23)18-13-19(26)25(20(18)27)17-5-1-14(2-6-17)21(28)29/h1-8,18H,9-13H2,(H,28,29). The van der Waals surface area contributed by atoms with Crippen molar-refractivity contribution in [3.05, 3.63) is 59.9 Å². The molecule has 2 amide bonds. The molecule has 0 aliphatic carbocycles. The van der Waals surface area contributed by atoms with Gasteiger partial charge >= 0.3 is 5.97 Å². The zero-order chi connectivity index (χ0) is 20.5. The summed E-state index contributed by atoms with van der Waals surface area (Å²) in [5.74, 6) is -1.91. The Hall–Kier alpha value is -3.26. The van der Waals surface area contributed by atoms with E-state index in [2.05, 4.69) is 4.90 Å². The van der Waals surface area contributed by atoms with Gasteiger partial charge in [-0.2, -0.15) is 0 Å². The summed E-state index contributed by atoms with van der Waals surface area (Å²) in [6, 6.07) is 11.5. The van der Waals surface area contributed by atoms with Crippen molar-refractivity contribution < 1.29 is 23.9 Å². The smallest absolute Gasteiger partial charge is 0.335 e. The molecule has 2 aliphatic rings. The molecule has 2 saturated heterocycles. The van der Waals surface area contributed by atoms with Crippen LogP contribution in [0.5, 0.6) is 0 Å². The van der Waals surface area contributed by atoms with Crippen LogP contribution >= 0.6 is 0 Å². The van der Waals surface area contributed by atoms with E-state index in [1.54, 1.807) is 12.1 Å². The predicted molar refractivity (Wildman–Crippen MR) is 104 cm³/mol. The maximum absolute atomic E-state index is 13.1. The van der Waals surface area contributed by atoms with Crippen molar-refractivity contribution in [3.8, 4) is 0 Å². The van der Waals surface area contributed by atoms with Gasteiger partial charge in [-0.1, -0.05) is 0 Å². The van der Waals surface area contributed by atoms with Crippen LogP contribution in [0.4, 0.5) is 15.8 Å². The van der Waals surface area contributed by atoms with E-state index in [-0.39, 0.29) is 29.6 Å². The number of amides is 2. The molecular weight excluding hydrogens is 377 g/mol. The summed E-state index contributed by atoms with van der Waals surface area (Å²) >= 11 is 0. The average molecular weight is 397 g/mol. The summed E-state index contributed by atoms with van der Waals surface area (Å²) in [7, 11) is 0. The molecular formula is C21H20FN3O4. The van der Waals surface area contributed by atoms with Crippen molar-refractivity contribution in [2.45, 2.75) is 12.5 Å². The molecule has 2 aromatic rings. The molecule has 2 heterocycles.